The van der Waals surface area contributed by atoms with Gasteiger partial charge < -0.3 is 22.5 Å². The van der Waals surface area contributed by atoms with Crippen molar-refractivity contribution in [3.8, 4) is 0 Å². The molecule has 0 radical (unpaired) electrons. The number of anilines is 5. The summed E-state index contributed by atoms with van der Waals surface area (Å²) in [5, 5.41) is 7.12. The Hall–Kier alpha value is -2.50. The van der Waals surface area contributed by atoms with Crippen molar-refractivity contribution in [3.63, 3.8) is 0 Å². The first kappa shape index (κ1) is 16.6. The Balaban J connectivity index is 0.000000383. The van der Waals surface area contributed by atoms with Crippen molar-refractivity contribution in [2.75, 3.05) is 22.5 Å². The smallest absolute Gasteiger partial charge is 0.394 e. The number of nitrogens with two attached hydrogens (primary N) is 3. The summed E-state index contributed by atoms with van der Waals surface area (Å²) in [4.78, 5) is 0. The molecule has 0 aliphatic rings. The fourth-order valence-electron chi connectivity index (χ4n) is 1.44. The summed E-state index contributed by atoms with van der Waals surface area (Å²) in [6.45, 7) is 0. The first-order valence-electron chi connectivity index (χ1n) is 5.47. The number of aromatic nitrogens is 2. The molecule has 21 heavy (non-hydrogen) atoms. The maximum atomic E-state index is 8.74. The Kier molecular flexibility index (Phi) is 4.97. The maximum Gasteiger partial charge on any atom is 0.394 e. The quantitative estimate of drug-likeness (QED) is 0.334. The van der Waals surface area contributed by atoms with Crippen molar-refractivity contribution in [1.29, 1.82) is 0 Å². The molecule has 0 saturated carbocycles. The summed E-state index contributed by atoms with van der Waals surface area (Å²) in [7, 11) is -2.87. The molecule has 0 fully saturated rings. The third-order valence-electron chi connectivity index (χ3n) is 2.20. The van der Waals surface area contributed by atoms with E-state index in [4.69, 9.17) is 34.7 Å². The lowest BCUT2D eigenvalue weighted by atomic mass is 10.2. The van der Waals surface area contributed by atoms with Crippen molar-refractivity contribution >= 4 is 39.0 Å². The number of rotatable bonds is 2. The summed E-state index contributed by atoms with van der Waals surface area (Å²) >= 11 is 0. The Morgan fingerprint density at radius 1 is 1.19 bits per heavy atom. The molecule has 0 atom stereocenters. The SMILES string of the molecule is Cn1cc(Nc2ccc(N)cc2N)c(N)n1.O=S(=O)(O)O. The van der Waals surface area contributed by atoms with Gasteiger partial charge in [0.2, 0.25) is 0 Å². The van der Waals surface area contributed by atoms with E-state index < -0.39 is 10.4 Å². The highest BCUT2D eigenvalue weighted by molar-refractivity contribution is 7.79. The number of nitrogens with one attached hydrogen (secondary N) is 1. The van der Waals surface area contributed by atoms with Crippen LogP contribution in [0.2, 0.25) is 0 Å². The normalized spacial score (nSPS) is 10.6. The van der Waals surface area contributed by atoms with Gasteiger partial charge in [0.1, 0.15) is 5.69 Å². The molecule has 1 aromatic heterocycles. The minimum Gasteiger partial charge on any atom is -0.399 e. The van der Waals surface area contributed by atoms with E-state index in [0.717, 1.165) is 11.4 Å². The lowest BCUT2D eigenvalue weighted by Crippen LogP contribution is -1.99. The Bertz CT molecular complexity index is 719. The largest absolute Gasteiger partial charge is 0.399 e. The zero-order valence-corrected chi connectivity index (χ0v) is 11.9. The highest BCUT2D eigenvalue weighted by atomic mass is 32.3. The van der Waals surface area contributed by atoms with E-state index in [9.17, 15) is 0 Å². The van der Waals surface area contributed by atoms with Crippen LogP contribution in [0.15, 0.2) is 24.4 Å². The van der Waals surface area contributed by atoms with E-state index in [0.29, 0.717) is 17.2 Å². The van der Waals surface area contributed by atoms with Crippen molar-refractivity contribution in [1.82, 2.24) is 9.78 Å². The molecule has 0 saturated heterocycles. The molecule has 116 valence electrons. The molecule has 0 aliphatic carbocycles. The Morgan fingerprint density at radius 2 is 1.76 bits per heavy atom. The van der Waals surface area contributed by atoms with Gasteiger partial charge in [0.05, 0.1) is 17.6 Å². The fraction of sp³-hybridized carbons (Fsp3) is 0.100. The van der Waals surface area contributed by atoms with Crippen LogP contribution in [0.25, 0.3) is 0 Å². The van der Waals surface area contributed by atoms with Crippen LogP contribution in [0, 0.1) is 0 Å². The van der Waals surface area contributed by atoms with Crippen LogP contribution in [0.1, 0.15) is 0 Å². The Labute approximate surface area is 121 Å². The number of hydrogen-bond acceptors (Lipinski definition) is 7. The number of benzene rings is 1. The number of aryl methyl sites for hydroxylation is 1. The predicted octanol–water partition coefficient (Wildman–Crippen LogP) is 0.258. The summed E-state index contributed by atoms with van der Waals surface area (Å²) in [5.41, 5.74) is 19.8. The minimum atomic E-state index is -4.67. The second-order valence-corrected chi connectivity index (χ2v) is 4.92. The van der Waals surface area contributed by atoms with E-state index in [1.165, 1.54) is 0 Å². The molecule has 1 heterocycles. The van der Waals surface area contributed by atoms with E-state index in [-0.39, 0.29) is 0 Å². The molecule has 11 heteroatoms. The molecule has 2 aromatic rings. The first-order chi connectivity index (χ1) is 9.56. The van der Waals surface area contributed by atoms with Gasteiger partial charge in [-0.1, -0.05) is 0 Å². The molecule has 0 unspecified atom stereocenters. The number of hydrogen-bond donors (Lipinski definition) is 6. The Morgan fingerprint density at radius 3 is 2.19 bits per heavy atom. The maximum absolute atomic E-state index is 8.74. The van der Waals surface area contributed by atoms with Crippen LogP contribution in [0.4, 0.5) is 28.6 Å². The van der Waals surface area contributed by atoms with Gasteiger partial charge in [0.25, 0.3) is 0 Å². The molecular weight excluding hydrogens is 300 g/mol. The average Bonchev–Trinajstić information content (AvgIpc) is 2.59. The van der Waals surface area contributed by atoms with Crippen molar-refractivity contribution < 1.29 is 17.5 Å². The summed E-state index contributed by atoms with van der Waals surface area (Å²) < 4.78 is 33.2. The van der Waals surface area contributed by atoms with Crippen LogP contribution >= 0.6 is 0 Å². The lowest BCUT2D eigenvalue weighted by molar-refractivity contribution is 0.381. The van der Waals surface area contributed by atoms with Gasteiger partial charge in [-0.3, -0.25) is 13.8 Å². The molecule has 0 spiro atoms. The summed E-state index contributed by atoms with van der Waals surface area (Å²) in [5.74, 6) is 0.429. The van der Waals surface area contributed by atoms with E-state index >= 15 is 0 Å². The zero-order valence-electron chi connectivity index (χ0n) is 11.1. The van der Waals surface area contributed by atoms with Gasteiger partial charge in [-0.15, -0.1) is 0 Å². The fourth-order valence-corrected chi connectivity index (χ4v) is 1.44. The van der Waals surface area contributed by atoms with Crippen LogP contribution in [0.3, 0.4) is 0 Å². The van der Waals surface area contributed by atoms with E-state index in [2.05, 4.69) is 10.4 Å². The number of nitrogens with zero attached hydrogens (tertiary/aromatic N) is 2. The zero-order chi connectivity index (χ0) is 16.2. The van der Waals surface area contributed by atoms with Gasteiger partial charge in [-0.25, -0.2) is 0 Å². The molecule has 10 nitrogen and oxygen atoms in total. The minimum absolute atomic E-state index is 0.429. The van der Waals surface area contributed by atoms with Crippen LogP contribution in [0.5, 0.6) is 0 Å². The van der Waals surface area contributed by atoms with Crippen molar-refractivity contribution in [3.05, 3.63) is 24.4 Å². The second-order valence-electron chi connectivity index (χ2n) is 4.02. The monoisotopic (exact) mass is 316 g/mol. The summed E-state index contributed by atoms with van der Waals surface area (Å²) in [6.07, 6.45) is 1.78. The highest BCUT2D eigenvalue weighted by Crippen LogP contribution is 2.27. The average molecular weight is 316 g/mol. The van der Waals surface area contributed by atoms with Crippen LogP contribution in [-0.2, 0) is 17.4 Å². The topological polar surface area (TPSA) is 183 Å². The van der Waals surface area contributed by atoms with Crippen molar-refractivity contribution in [2.24, 2.45) is 7.05 Å². The van der Waals surface area contributed by atoms with Crippen LogP contribution in [-0.4, -0.2) is 27.3 Å². The standard InChI is InChI=1S/C10H14N6.H2O4S/c1-16-5-9(10(13)15-16)14-8-3-2-6(11)4-7(8)12;1-5(2,3)4/h2-5,14H,11-12H2,1H3,(H2,13,15);(H2,1,2,3,4). The number of nitrogen functional groups attached to an aromatic ring is 3. The van der Waals surface area contributed by atoms with Gasteiger partial charge >= 0.3 is 10.4 Å². The molecule has 0 aliphatic heterocycles. The van der Waals surface area contributed by atoms with Gasteiger partial charge in [-0.05, 0) is 18.2 Å². The molecule has 0 bridgehead atoms. The van der Waals surface area contributed by atoms with E-state index in [1.54, 1.807) is 36.1 Å². The lowest BCUT2D eigenvalue weighted by Gasteiger charge is -2.08. The van der Waals surface area contributed by atoms with Gasteiger partial charge in [-0.2, -0.15) is 13.5 Å². The summed E-state index contributed by atoms with van der Waals surface area (Å²) in [6, 6.07) is 5.26. The molecule has 2 rings (SSSR count). The third-order valence-corrected chi connectivity index (χ3v) is 2.20. The van der Waals surface area contributed by atoms with Gasteiger partial charge in [0.15, 0.2) is 5.82 Å². The van der Waals surface area contributed by atoms with Crippen molar-refractivity contribution in [2.45, 2.75) is 0 Å². The molecular formula is C10H16N6O4S. The second kappa shape index (κ2) is 6.30. The van der Waals surface area contributed by atoms with Gasteiger partial charge in [0, 0.05) is 12.7 Å². The highest BCUT2D eigenvalue weighted by Gasteiger charge is 2.06. The molecule has 0 amide bonds. The van der Waals surface area contributed by atoms with Crippen LogP contribution < -0.4 is 22.5 Å². The van der Waals surface area contributed by atoms with E-state index in [1.807, 2.05) is 0 Å². The molecule has 9 N–H and O–H groups in total. The third kappa shape index (κ3) is 5.99. The molecule has 1 aromatic carbocycles. The predicted molar refractivity (Wildman–Crippen MR) is 80.3 cm³/mol. The first-order valence-corrected chi connectivity index (χ1v) is 6.87.